The minimum Gasteiger partial charge on any atom is -0.444 e. The molecule has 0 aromatic rings. The number of amides is 1. The van der Waals surface area contributed by atoms with Crippen molar-refractivity contribution in [2.45, 2.75) is 46.3 Å². The average molecular weight is 197 g/mol. The number of terminal acetylenes is 1. The van der Waals surface area contributed by atoms with E-state index >= 15 is 0 Å². The molecule has 3 heteroatoms. The van der Waals surface area contributed by atoms with E-state index in [1.807, 2.05) is 34.6 Å². The van der Waals surface area contributed by atoms with E-state index in [1.54, 1.807) is 0 Å². The molecule has 0 spiro atoms. The van der Waals surface area contributed by atoms with Crippen molar-refractivity contribution < 1.29 is 9.53 Å². The first-order valence-electron chi connectivity index (χ1n) is 4.72. The summed E-state index contributed by atoms with van der Waals surface area (Å²) in [7, 11) is 0. The normalized spacial score (nSPS) is 13.2. The highest BCUT2D eigenvalue weighted by atomic mass is 16.6. The number of carbonyl (C=O) groups is 1. The predicted molar refractivity (Wildman–Crippen MR) is 56.8 cm³/mol. The van der Waals surface area contributed by atoms with Crippen LogP contribution in [0.5, 0.6) is 0 Å². The Morgan fingerprint density at radius 1 is 1.43 bits per heavy atom. The highest BCUT2D eigenvalue weighted by molar-refractivity contribution is 5.68. The number of carbonyl (C=O) groups excluding carboxylic acids is 1. The minimum atomic E-state index is -0.486. The van der Waals surface area contributed by atoms with E-state index < -0.39 is 11.7 Å². The first kappa shape index (κ1) is 12.8. The number of rotatable bonds is 2. The van der Waals surface area contributed by atoms with Crippen molar-refractivity contribution >= 4 is 6.09 Å². The van der Waals surface area contributed by atoms with Gasteiger partial charge in [-0.1, -0.05) is 19.8 Å². The van der Waals surface area contributed by atoms with E-state index in [0.717, 1.165) is 0 Å². The Labute approximate surface area is 86.2 Å². The van der Waals surface area contributed by atoms with E-state index in [-0.39, 0.29) is 12.0 Å². The molecule has 0 aromatic carbocycles. The highest BCUT2D eigenvalue weighted by Crippen LogP contribution is 2.08. The quantitative estimate of drug-likeness (QED) is 0.689. The number of ether oxygens (including phenoxy) is 1. The summed E-state index contributed by atoms with van der Waals surface area (Å²) in [6.07, 6.45) is 4.80. The molecule has 0 unspecified atom stereocenters. The van der Waals surface area contributed by atoms with Gasteiger partial charge in [0.2, 0.25) is 0 Å². The van der Waals surface area contributed by atoms with Gasteiger partial charge in [0, 0.05) is 0 Å². The Morgan fingerprint density at radius 3 is 2.21 bits per heavy atom. The van der Waals surface area contributed by atoms with Crippen LogP contribution in [0.2, 0.25) is 0 Å². The van der Waals surface area contributed by atoms with Crippen LogP contribution < -0.4 is 5.32 Å². The third kappa shape index (κ3) is 5.47. The monoisotopic (exact) mass is 197 g/mol. The molecular weight excluding hydrogens is 178 g/mol. The van der Waals surface area contributed by atoms with E-state index in [9.17, 15) is 4.79 Å². The van der Waals surface area contributed by atoms with Crippen LogP contribution in [0.1, 0.15) is 34.6 Å². The summed E-state index contributed by atoms with van der Waals surface area (Å²) in [6.45, 7) is 9.33. The van der Waals surface area contributed by atoms with Crippen molar-refractivity contribution in [2.75, 3.05) is 0 Å². The topological polar surface area (TPSA) is 38.3 Å². The van der Waals surface area contributed by atoms with Gasteiger partial charge >= 0.3 is 6.09 Å². The lowest BCUT2D eigenvalue weighted by atomic mass is 10.1. The standard InChI is InChI=1S/C11H19NO2/c1-7-9(8(2)3)12-10(13)14-11(4,5)6/h1,8-9H,2-6H3,(H,12,13)/t9-/m1/s1. The zero-order chi connectivity index (χ0) is 11.4. The smallest absolute Gasteiger partial charge is 0.408 e. The van der Waals surface area contributed by atoms with E-state index in [1.165, 1.54) is 0 Å². The Morgan fingerprint density at radius 2 is 1.93 bits per heavy atom. The maximum Gasteiger partial charge on any atom is 0.408 e. The van der Waals surface area contributed by atoms with Crippen LogP contribution in [-0.4, -0.2) is 17.7 Å². The lowest BCUT2D eigenvalue weighted by molar-refractivity contribution is 0.0506. The van der Waals surface area contributed by atoms with Gasteiger partial charge in [-0.15, -0.1) is 6.42 Å². The molecular formula is C11H19NO2. The van der Waals surface area contributed by atoms with Crippen LogP contribution in [-0.2, 0) is 4.74 Å². The predicted octanol–water partition coefficient (Wildman–Crippen LogP) is 2.17. The summed E-state index contributed by atoms with van der Waals surface area (Å²) in [5, 5.41) is 2.63. The van der Waals surface area contributed by atoms with Gasteiger partial charge in [0.15, 0.2) is 0 Å². The molecule has 1 atom stereocenters. The third-order valence-corrected chi connectivity index (χ3v) is 1.52. The van der Waals surface area contributed by atoms with Crippen LogP contribution in [0.25, 0.3) is 0 Å². The summed E-state index contributed by atoms with van der Waals surface area (Å²) in [5.74, 6) is 2.71. The molecule has 0 aliphatic heterocycles. The molecule has 0 saturated carbocycles. The fourth-order valence-electron chi connectivity index (χ4n) is 0.835. The number of hydrogen-bond acceptors (Lipinski definition) is 2. The second-order valence-electron chi connectivity index (χ2n) is 4.53. The van der Waals surface area contributed by atoms with E-state index in [0.29, 0.717) is 0 Å². The maximum atomic E-state index is 11.3. The van der Waals surface area contributed by atoms with Crippen LogP contribution in [0, 0.1) is 18.3 Å². The molecule has 0 heterocycles. The van der Waals surface area contributed by atoms with Crippen molar-refractivity contribution in [2.24, 2.45) is 5.92 Å². The molecule has 14 heavy (non-hydrogen) atoms. The Hall–Kier alpha value is -1.17. The lowest BCUT2D eigenvalue weighted by Gasteiger charge is -2.22. The molecule has 1 amide bonds. The first-order valence-corrected chi connectivity index (χ1v) is 4.72. The summed E-state index contributed by atoms with van der Waals surface area (Å²) in [5.41, 5.74) is -0.486. The fraction of sp³-hybridized carbons (Fsp3) is 0.727. The zero-order valence-corrected chi connectivity index (χ0v) is 9.55. The number of hydrogen-bond donors (Lipinski definition) is 1. The molecule has 0 saturated heterocycles. The van der Waals surface area contributed by atoms with E-state index in [4.69, 9.17) is 11.2 Å². The van der Waals surface area contributed by atoms with Crippen molar-refractivity contribution in [3.8, 4) is 12.3 Å². The zero-order valence-electron chi connectivity index (χ0n) is 9.55. The Kier molecular flexibility index (Phi) is 4.49. The van der Waals surface area contributed by atoms with Crippen molar-refractivity contribution in [3.63, 3.8) is 0 Å². The molecule has 80 valence electrons. The fourth-order valence-corrected chi connectivity index (χ4v) is 0.835. The van der Waals surface area contributed by atoms with Gasteiger partial charge < -0.3 is 10.1 Å². The minimum absolute atomic E-state index is 0.201. The lowest BCUT2D eigenvalue weighted by Crippen LogP contribution is -2.40. The second kappa shape index (κ2) is 4.90. The molecule has 1 N–H and O–H groups in total. The summed E-state index contributed by atoms with van der Waals surface area (Å²) in [4.78, 5) is 11.3. The summed E-state index contributed by atoms with van der Waals surface area (Å²) < 4.78 is 5.07. The van der Waals surface area contributed by atoms with Crippen LogP contribution in [0.15, 0.2) is 0 Å². The van der Waals surface area contributed by atoms with Crippen LogP contribution in [0.3, 0.4) is 0 Å². The molecule has 0 aliphatic carbocycles. The van der Waals surface area contributed by atoms with Gasteiger partial charge in [-0.25, -0.2) is 4.79 Å². The maximum absolute atomic E-state index is 11.3. The molecule has 0 aromatic heterocycles. The summed E-state index contributed by atoms with van der Waals surface area (Å²) >= 11 is 0. The van der Waals surface area contributed by atoms with Gasteiger partial charge in [-0.3, -0.25) is 0 Å². The summed E-state index contributed by atoms with van der Waals surface area (Å²) in [6, 6.07) is -0.273. The third-order valence-electron chi connectivity index (χ3n) is 1.52. The Bertz CT molecular complexity index is 233. The van der Waals surface area contributed by atoms with Gasteiger partial charge in [0.25, 0.3) is 0 Å². The van der Waals surface area contributed by atoms with Crippen LogP contribution in [0.4, 0.5) is 4.79 Å². The van der Waals surface area contributed by atoms with Crippen LogP contribution >= 0.6 is 0 Å². The first-order chi connectivity index (χ1) is 6.26. The number of alkyl carbamates (subject to hydrolysis) is 1. The van der Waals surface area contributed by atoms with Gasteiger partial charge in [0.1, 0.15) is 5.60 Å². The van der Waals surface area contributed by atoms with Gasteiger partial charge in [-0.2, -0.15) is 0 Å². The average Bonchev–Trinajstić information content (AvgIpc) is 1.96. The Balaban J connectivity index is 4.13. The molecule has 0 fully saturated rings. The van der Waals surface area contributed by atoms with Crippen molar-refractivity contribution in [1.29, 1.82) is 0 Å². The molecule has 0 bridgehead atoms. The molecule has 3 nitrogen and oxygen atoms in total. The molecule has 0 aliphatic rings. The van der Waals surface area contributed by atoms with Gasteiger partial charge in [0.05, 0.1) is 6.04 Å². The molecule has 0 rings (SSSR count). The van der Waals surface area contributed by atoms with E-state index in [2.05, 4.69) is 11.2 Å². The highest BCUT2D eigenvalue weighted by Gasteiger charge is 2.19. The largest absolute Gasteiger partial charge is 0.444 e. The van der Waals surface area contributed by atoms with Crippen molar-refractivity contribution in [3.05, 3.63) is 0 Å². The van der Waals surface area contributed by atoms with Crippen molar-refractivity contribution in [1.82, 2.24) is 5.32 Å². The molecule has 0 radical (unpaired) electrons. The van der Waals surface area contributed by atoms with Gasteiger partial charge in [-0.05, 0) is 26.7 Å². The number of nitrogens with one attached hydrogen (secondary N) is 1. The SMILES string of the molecule is C#C[C@@H](NC(=O)OC(C)(C)C)C(C)C. The second-order valence-corrected chi connectivity index (χ2v) is 4.53.